The molecule has 0 aliphatic carbocycles. The minimum atomic E-state index is -1.61. The molecular weight excluding hydrogens is 431 g/mol. The van der Waals surface area contributed by atoms with E-state index in [0.29, 0.717) is 6.07 Å². The third-order valence-electron chi connectivity index (χ3n) is 5.38. The van der Waals surface area contributed by atoms with Gasteiger partial charge in [0.05, 0.1) is 28.9 Å². The largest absolute Gasteiger partial charge is 0.477 e. The van der Waals surface area contributed by atoms with Crippen molar-refractivity contribution in [3.8, 4) is 5.69 Å². The van der Waals surface area contributed by atoms with Crippen molar-refractivity contribution in [1.29, 1.82) is 0 Å². The number of methoxy groups -OCH3 is 1. The van der Waals surface area contributed by atoms with Gasteiger partial charge in [0.15, 0.2) is 17.3 Å². The number of aromatic carboxylic acids is 1. The standard InChI is InChI=1S/C20H18F3N5O4/c1-32-16-7-27(6-14(16)25)19-12(23)2-8-17(29)9(20(30)31)5-28(18(8)26-19)15-4-13(24)10(21)3-11(15)22/h2-5,14,16H,6-7,24-25H2,1H3,(H,30,31). The predicted octanol–water partition coefficient (Wildman–Crippen LogP) is 1.25. The molecule has 12 heteroatoms. The van der Waals surface area contributed by atoms with Gasteiger partial charge in [0.1, 0.15) is 17.2 Å². The van der Waals surface area contributed by atoms with Crippen LogP contribution in [0.15, 0.2) is 29.2 Å². The highest BCUT2D eigenvalue weighted by Crippen LogP contribution is 2.28. The molecule has 1 aliphatic heterocycles. The number of nitrogens with zero attached hydrogens (tertiary/aromatic N) is 3. The number of hydrogen-bond donors (Lipinski definition) is 3. The fourth-order valence-corrected chi connectivity index (χ4v) is 3.73. The molecule has 32 heavy (non-hydrogen) atoms. The van der Waals surface area contributed by atoms with Crippen molar-refractivity contribution < 1.29 is 27.8 Å². The van der Waals surface area contributed by atoms with Crippen LogP contribution >= 0.6 is 0 Å². The van der Waals surface area contributed by atoms with Crippen molar-refractivity contribution in [3.63, 3.8) is 0 Å². The number of nitrogens with two attached hydrogens (primary N) is 2. The number of pyridine rings is 2. The number of anilines is 2. The zero-order chi connectivity index (χ0) is 23.3. The SMILES string of the molecule is COC1CN(c2nc3c(cc2F)c(=O)c(C(=O)O)cn3-c2cc(N)c(F)cc2F)CC1N. The van der Waals surface area contributed by atoms with Gasteiger partial charge in [-0.1, -0.05) is 0 Å². The second-order valence-corrected chi connectivity index (χ2v) is 7.38. The van der Waals surface area contributed by atoms with E-state index in [4.69, 9.17) is 16.2 Å². The van der Waals surface area contributed by atoms with Gasteiger partial charge in [-0.3, -0.25) is 9.36 Å². The highest BCUT2D eigenvalue weighted by atomic mass is 19.1. The lowest BCUT2D eigenvalue weighted by atomic mass is 10.1. The van der Waals surface area contributed by atoms with Crippen molar-refractivity contribution in [3.05, 3.63) is 57.6 Å². The van der Waals surface area contributed by atoms with Crippen LogP contribution < -0.4 is 21.8 Å². The molecule has 168 valence electrons. The third-order valence-corrected chi connectivity index (χ3v) is 5.38. The van der Waals surface area contributed by atoms with Crippen LogP contribution in [0, 0.1) is 17.5 Å². The maximum Gasteiger partial charge on any atom is 0.341 e. The van der Waals surface area contributed by atoms with Crippen LogP contribution in [0.25, 0.3) is 16.7 Å². The Morgan fingerprint density at radius 2 is 1.91 bits per heavy atom. The van der Waals surface area contributed by atoms with Crippen LogP contribution in [0.4, 0.5) is 24.7 Å². The zero-order valence-electron chi connectivity index (χ0n) is 16.7. The number of nitrogen functional groups attached to an aromatic ring is 1. The molecular formula is C20H18F3N5O4. The third kappa shape index (κ3) is 3.42. The fraction of sp³-hybridized carbons (Fsp3) is 0.250. The lowest BCUT2D eigenvalue weighted by Gasteiger charge is -2.20. The molecule has 5 N–H and O–H groups in total. The Morgan fingerprint density at radius 1 is 1.19 bits per heavy atom. The monoisotopic (exact) mass is 449 g/mol. The lowest BCUT2D eigenvalue weighted by molar-refractivity contribution is 0.0695. The number of carboxylic acid groups (broad SMARTS) is 1. The molecule has 3 heterocycles. The van der Waals surface area contributed by atoms with Gasteiger partial charge in [-0.25, -0.2) is 22.9 Å². The zero-order valence-corrected chi connectivity index (χ0v) is 16.7. The van der Waals surface area contributed by atoms with Gasteiger partial charge in [-0.05, 0) is 12.1 Å². The molecule has 1 saturated heterocycles. The van der Waals surface area contributed by atoms with Crippen molar-refractivity contribution in [2.45, 2.75) is 12.1 Å². The Kier molecular flexibility index (Phi) is 5.26. The molecule has 1 aromatic carbocycles. The summed E-state index contributed by atoms with van der Waals surface area (Å²) in [5, 5.41) is 9.00. The van der Waals surface area contributed by atoms with Crippen LogP contribution in [-0.2, 0) is 4.74 Å². The second-order valence-electron chi connectivity index (χ2n) is 7.38. The Morgan fingerprint density at radius 3 is 2.53 bits per heavy atom. The summed E-state index contributed by atoms with van der Waals surface area (Å²) in [7, 11) is 1.46. The minimum Gasteiger partial charge on any atom is -0.477 e. The first-order chi connectivity index (χ1) is 15.1. The smallest absolute Gasteiger partial charge is 0.341 e. The molecule has 2 atom stereocenters. The number of fused-ring (bicyclic) bond motifs is 1. The Bertz CT molecular complexity index is 1310. The molecule has 9 nitrogen and oxygen atoms in total. The Labute approximate surface area is 178 Å². The number of benzene rings is 1. The van der Waals surface area contributed by atoms with E-state index >= 15 is 0 Å². The van der Waals surface area contributed by atoms with E-state index < -0.39 is 57.6 Å². The fourth-order valence-electron chi connectivity index (χ4n) is 3.73. The lowest BCUT2D eigenvalue weighted by Crippen LogP contribution is -2.34. The molecule has 1 fully saturated rings. The highest BCUT2D eigenvalue weighted by Gasteiger charge is 2.33. The van der Waals surface area contributed by atoms with Crippen molar-refractivity contribution >= 4 is 28.5 Å². The average molecular weight is 449 g/mol. The number of carbonyl (C=O) groups is 1. The summed E-state index contributed by atoms with van der Waals surface area (Å²) in [6.45, 7) is 0.408. The van der Waals surface area contributed by atoms with E-state index in [-0.39, 0.29) is 30.2 Å². The van der Waals surface area contributed by atoms with Gasteiger partial charge in [0, 0.05) is 32.5 Å². The molecule has 4 rings (SSSR count). The molecule has 1 aliphatic rings. The summed E-state index contributed by atoms with van der Waals surface area (Å²) in [5.41, 5.74) is 8.76. The van der Waals surface area contributed by atoms with E-state index in [2.05, 4.69) is 4.98 Å². The maximum atomic E-state index is 14.9. The van der Waals surface area contributed by atoms with Gasteiger partial charge in [-0.15, -0.1) is 0 Å². The van der Waals surface area contributed by atoms with Crippen molar-refractivity contribution in [1.82, 2.24) is 9.55 Å². The molecule has 0 saturated carbocycles. The average Bonchev–Trinajstić information content (AvgIpc) is 3.11. The van der Waals surface area contributed by atoms with Crippen LogP contribution in [0.2, 0.25) is 0 Å². The van der Waals surface area contributed by atoms with Gasteiger partial charge < -0.3 is 26.2 Å². The van der Waals surface area contributed by atoms with Gasteiger partial charge in [0.2, 0.25) is 5.43 Å². The van der Waals surface area contributed by atoms with Crippen LogP contribution in [0.3, 0.4) is 0 Å². The highest BCUT2D eigenvalue weighted by molar-refractivity contribution is 5.92. The summed E-state index contributed by atoms with van der Waals surface area (Å²) < 4.78 is 49.4. The van der Waals surface area contributed by atoms with Crippen LogP contribution in [0.1, 0.15) is 10.4 Å². The number of hydrogen-bond acceptors (Lipinski definition) is 7. The van der Waals surface area contributed by atoms with E-state index in [0.717, 1.165) is 22.9 Å². The van der Waals surface area contributed by atoms with Gasteiger partial charge in [-0.2, -0.15) is 0 Å². The molecule has 0 spiro atoms. The first kappa shape index (κ1) is 21.6. The second kappa shape index (κ2) is 7.80. The molecule has 0 bridgehead atoms. The van der Waals surface area contributed by atoms with Gasteiger partial charge >= 0.3 is 5.97 Å². The molecule has 2 aromatic heterocycles. The number of carboxylic acids is 1. The molecule has 3 aromatic rings. The maximum absolute atomic E-state index is 14.9. The molecule has 2 unspecified atom stereocenters. The Balaban J connectivity index is 2.02. The Hall–Kier alpha value is -3.64. The van der Waals surface area contributed by atoms with Crippen molar-refractivity contribution in [2.75, 3.05) is 30.8 Å². The number of aromatic nitrogens is 2. The summed E-state index contributed by atoms with van der Waals surface area (Å²) in [4.78, 5) is 29.9. The quantitative estimate of drug-likeness (QED) is 0.506. The van der Waals surface area contributed by atoms with E-state index in [1.54, 1.807) is 0 Å². The summed E-state index contributed by atoms with van der Waals surface area (Å²) in [6.07, 6.45) is 0.448. The first-order valence-electron chi connectivity index (χ1n) is 9.39. The van der Waals surface area contributed by atoms with Crippen LogP contribution in [0.5, 0.6) is 0 Å². The van der Waals surface area contributed by atoms with E-state index in [1.807, 2.05) is 0 Å². The predicted molar refractivity (Wildman–Crippen MR) is 110 cm³/mol. The normalized spacial score (nSPS) is 18.5. The first-order valence-corrected chi connectivity index (χ1v) is 9.39. The van der Waals surface area contributed by atoms with E-state index in [1.165, 1.54) is 12.0 Å². The number of ether oxygens (including phenoxy) is 1. The number of rotatable bonds is 4. The van der Waals surface area contributed by atoms with E-state index in [9.17, 15) is 27.9 Å². The summed E-state index contributed by atoms with van der Waals surface area (Å²) in [6, 6.07) is 1.85. The summed E-state index contributed by atoms with van der Waals surface area (Å²) >= 11 is 0. The summed E-state index contributed by atoms with van der Waals surface area (Å²) in [5.74, 6) is -4.80. The molecule has 0 amide bonds. The molecule has 0 radical (unpaired) electrons. The number of halogens is 3. The van der Waals surface area contributed by atoms with Crippen molar-refractivity contribution in [2.24, 2.45) is 5.73 Å². The minimum absolute atomic E-state index is 0.181. The van der Waals surface area contributed by atoms with Crippen LogP contribution in [-0.4, -0.2) is 53.0 Å². The topological polar surface area (TPSA) is 137 Å². The van der Waals surface area contributed by atoms with Gasteiger partial charge in [0.25, 0.3) is 0 Å².